The number of amides is 1. The van der Waals surface area contributed by atoms with Crippen molar-refractivity contribution in [1.82, 2.24) is 19.5 Å². The summed E-state index contributed by atoms with van der Waals surface area (Å²) >= 11 is 0. The Morgan fingerprint density at radius 1 is 0.971 bits per heavy atom. The molecule has 1 amide bonds. The molecular weight excluding hydrogens is 901 g/mol. The summed E-state index contributed by atoms with van der Waals surface area (Å²) < 4.78 is 52.1. The largest absolute Gasteiger partial charge is 0.493 e. The van der Waals surface area contributed by atoms with Crippen LogP contribution in [0, 0.1) is 28.4 Å². The number of nitrogens with one attached hydrogen (secondary N) is 2. The number of hydrogen-bond acceptors (Lipinski definition) is 15. The number of anilines is 3. The number of nitro groups is 1. The molecule has 1 aromatic heterocycles. The Kier molecular flexibility index (Phi) is 13.5. The number of benzene rings is 3. The van der Waals surface area contributed by atoms with E-state index in [9.17, 15) is 23.3 Å². The van der Waals surface area contributed by atoms with E-state index in [1.165, 1.54) is 30.0 Å². The van der Waals surface area contributed by atoms with Crippen LogP contribution < -0.4 is 29.3 Å². The van der Waals surface area contributed by atoms with Crippen molar-refractivity contribution in [2.24, 2.45) is 11.3 Å². The molecule has 3 atom stereocenters. The number of nitro benzene ring substituents is 1. The van der Waals surface area contributed by atoms with Gasteiger partial charge in [0.25, 0.3) is 21.6 Å². The van der Waals surface area contributed by atoms with E-state index in [1.54, 1.807) is 19.2 Å². The van der Waals surface area contributed by atoms with Gasteiger partial charge in [0, 0.05) is 101 Å². The molecule has 2 N–H and O–H groups in total. The third kappa shape index (κ3) is 9.83. The summed E-state index contributed by atoms with van der Waals surface area (Å²) in [5, 5.41) is 15.4. The van der Waals surface area contributed by atoms with Crippen LogP contribution in [0.3, 0.4) is 0 Å². The maximum absolute atomic E-state index is 13.5. The smallest absolute Gasteiger partial charge is 0.297 e. The highest BCUT2D eigenvalue weighted by atomic mass is 32.2. The molecule has 1 spiro atoms. The molecule has 5 fully saturated rings. The normalized spacial score (nSPS) is 23.6. The molecule has 368 valence electrons. The first kappa shape index (κ1) is 47.2. The summed E-state index contributed by atoms with van der Waals surface area (Å²) in [6.07, 6.45) is 8.11. The van der Waals surface area contributed by atoms with Crippen molar-refractivity contribution in [3.05, 3.63) is 105 Å². The Morgan fingerprint density at radius 3 is 2.46 bits per heavy atom. The Labute approximate surface area is 404 Å². The number of nitrogens with zero attached hydrogens (tertiary/aromatic N) is 6. The second kappa shape index (κ2) is 19.7. The Morgan fingerprint density at radius 2 is 1.74 bits per heavy atom. The van der Waals surface area contributed by atoms with E-state index in [0.717, 1.165) is 100 Å². The average molecular weight is 965 g/mol. The van der Waals surface area contributed by atoms with Gasteiger partial charge in [0.05, 0.1) is 42.2 Å². The van der Waals surface area contributed by atoms with Gasteiger partial charge in [-0.3, -0.25) is 24.7 Å². The van der Waals surface area contributed by atoms with Gasteiger partial charge in [-0.1, -0.05) is 24.3 Å². The van der Waals surface area contributed by atoms with Gasteiger partial charge in [0.15, 0.2) is 23.0 Å². The second-order valence-corrected chi connectivity index (χ2v) is 21.6. The molecule has 4 aromatic rings. The van der Waals surface area contributed by atoms with Crippen molar-refractivity contribution >= 4 is 38.8 Å². The van der Waals surface area contributed by atoms with E-state index in [2.05, 4.69) is 73.8 Å². The number of methoxy groups -OCH3 is 1. The number of ether oxygens (including phenoxy) is 4. The van der Waals surface area contributed by atoms with Crippen LogP contribution in [0.4, 0.5) is 22.9 Å². The zero-order chi connectivity index (χ0) is 47.9. The molecule has 0 bridgehead atoms. The number of aromatic nitrogens is 1. The first-order chi connectivity index (χ1) is 33.4. The Balaban J connectivity index is 0.743. The molecule has 0 unspecified atom stereocenters. The monoisotopic (exact) mass is 964 g/mol. The number of fused-ring (bicyclic) bond motifs is 1. The van der Waals surface area contributed by atoms with Crippen molar-refractivity contribution < 1.29 is 37.1 Å². The number of carbonyl (C=O) groups excluding carboxylic acids is 1. The van der Waals surface area contributed by atoms with E-state index in [0.29, 0.717) is 37.9 Å². The molecule has 18 heteroatoms. The van der Waals surface area contributed by atoms with Gasteiger partial charge in [-0.15, -0.1) is 0 Å². The highest BCUT2D eigenvalue weighted by Crippen LogP contribution is 2.53. The fourth-order valence-electron chi connectivity index (χ4n) is 11.7. The molecule has 10 rings (SSSR count). The van der Waals surface area contributed by atoms with E-state index >= 15 is 0 Å². The molecule has 5 aliphatic heterocycles. The van der Waals surface area contributed by atoms with Crippen molar-refractivity contribution in [2.75, 3.05) is 94.5 Å². The Hall–Kier alpha value is -5.53. The lowest BCUT2D eigenvalue weighted by atomic mass is 9.59. The minimum absolute atomic E-state index is 0.0581. The number of morpholine rings is 1. The minimum Gasteiger partial charge on any atom is -0.493 e. The number of sulfonamides is 1. The SMILES string of the molecule is COc1cc(CN2CCN(C3CC4(CCN(c5ccc(C(=O)NS(=O)(=O)c6cc7c(c([N+](=O)[O-])c6)N[C@H](C6CCOCC6)CO7)cc5)CC4)C3)[C@H](c3ccccc3C)C2)cnc1N1CCOC[C@H]1C. The number of carbonyl (C=O) groups is 1. The van der Waals surface area contributed by atoms with Gasteiger partial charge in [-0.25, -0.2) is 18.1 Å². The average Bonchev–Trinajstić information content (AvgIpc) is 3.35. The highest BCUT2D eigenvalue weighted by Gasteiger charge is 2.50. The van der Waals surface area contributed by atoms with Crippen LogP contribution >= 0.6 is 0 Å². The number of hydrogen-bond donors (Lipinski definition) is 2. The molecular formula is C51H64N8O9S. The minimum atomic E-state index is -4.49. The van der Waals surface area contributed by atoms with Crippen molar-refractivity contribution in [1.29, 1.82) is 0 Å². The lowest BCUT2D eigenvalue weighted by Gasteiger charge is -2.58. The van der Waals surface area contributed by atoms with Gasteiger partial charge in [0.1, 0.15) is 6.61 Å². The second-order valence-electron chi connectivity index (χ2n) is 19.9. The van der Waals surface area contributed by atoms with Crippen LogP contribution in [0.15, 0.2) is 77.8 Å². The predicted molar refractivity (Wildman–Crippen MR) is 262 cm³/mol. The van der Waals surface area contributed by atoms with Crippen LogP contribution in [0.1, 0.15) is 78.5 Å². The standard InChI is InChI=1S/C51H64N8O9S/c1-34-6-4-5-7-42(34)45-31-55(30-36-24-47(65-3)49(52-29-36)57-20-23-67-32-35(57)2)18-19-58(45)40-27-51(28-40)14-16-56(17-15-51)39-10-8-38(9-11-39)50(60)54-69(63,64)41-25-44(59(61)62)48-46(26-41)68-33-43(53-48)37-12-21-66-22-13-37/h4-11,24-26,29,35,37,40,43,45,53H,12-23,27-28,30-33H2,1-3H3,(H,54,60)/t35-,43+,45+/m1/s1. The third-order valence-corrected chi connectivity index (χ3v) is 17.0. The zero-order valence-electron chi connectivity index (χ0n) is 39.8. The quantitative estimate of drug-likeness (QED) is 0.115. The van der Waals surface area contributed by atoms with E-state index in [4.69, 9.17) is 23.9 Å². The third-order valence-electron chi connectivity index (χ3n) is 15.7. The molecule has 3 aromatic carbocycles. The van der Waals surface area contributed by atoms with Crippen molar-refractivity contribution in [3.63, 3.8) is 0 Å². The van der Waals surface area contributed by atoms with Crippen LogP contribution in [-0.2, 0) is 26.0 Å². The molecule has 17 nitrogen and oxygen atoms in total. The maximum Gasteiger partial charge on any atom is 0.297 e. The summed E-state index contributed by atoms with van der Waals surface area (Å²) in [6, 6.07) is 21.0. The molecule has 6 aliphatic rings. The van der Waals surface area contributed by atoms with Crippen LogP contribution in [-0.4, -0.2) is 132 Å². The number of piperazine rings is 1. The summed E-state index contributed by atoms with van der Waals surface area (Å²) in [6.45, 7) is 13.5. The van der Waals surface area contributed by atoms with Gasteiger partial charge in [-0.05, 0) is 111 Å². The first-order valence-corrected chi connectivity index (χ1v) is 26.0. The van der Waals surface area contributed by atoms with Crippen LogP contribution in [0.25, 0.3) is 0 Å². The fourth-order valence-corrected chi connectivity index (χ4v) is 12.7. The molecule has 1 aliphatic carbocycles. The number of pyridine rings is 1. The van der Waals surface area contributed by atoms with Crippen molar-refractivity contribution in [2.45, 2.75) is 88.0 Å². The molecule has 1 saturated carbocycles. The van der Waals surface area contributed by atoms with Crippen LogP contribution in [0.5, 0.6) is 11.5 Å². The summed E-state index contributed by atoms with van der Waals surface area (Å²) in [5.41, 5.74) is 5.01. The Bertz CT molecular complexity index is 2630. The topological polar surface area (TPSA) is 181 Å². The molecule has 69 heavy (non-hydrogen) atoms. The number of aryl methyl sites for hydroxylation is 1. The molecule has 6 heterocycles. The molecule has 4 saturated heterocycles. The van der Waals surface area contributed by atoms with Gasteiger partial charge in [0.2, 0.25) is 0 Å². The number of rotatable bonds is 12. The van der Waals surface area contributed by atoms with Gasteiger partial charge in [-0.2, -0.15) is 0 Å². The molecule has 0 radical (unpaired) electrons. The first-order valence-electron chi connectivity index (χ1n) is 24.5. The maximum atomic E-state index is 13.5. The summed E-state index contributed by atoms with van der Waals surface area (Å²) in [7, 11) is -2.76. The highest BCUT2D eigenvalue weighted by molar-refractivity contribution is 7.90. The fraction of sp³-hybridized carbons (Fsp3) is 0.529. The lowest BCUT2D eigenvalue weighted by molar-refractivity contribution is -0.384. The lowest BCUT2D eigenvalue weighted by Crippen LogP contribution is -2.59. The zero-order valence-corrected chi connectivity index (χ0v) is 40.6. The van der Waals surface area contributed by atoms with Crippen LogP contribution in [0.2, 0.25) is 0 Å². The summed E-state index contributed by atoms with van der Waals surface area (Å²) in [4.78, 5) is 39.4. The van der Waals surface area contributed by atoms with E-state index in [-0.39, 0.29) is 47.7 Å². The summed E-state index contributed by atoms with van der Waals surface area (Å²) in [5.74, 6) is 1.13. The van der Waals surface area contributed by atoms with Gasteiger partial charge < -0.3 is 34.1 Å². The van der Waals surface area contributed by atoms with E-state index in [1.807, 2.05) is 18.3 Å². The number of piperidine rings is 1. The van der Waals surface area contributed by atoms with E-state index < -0.39 is 31.4 Å². The predicted octanol–water partition coefficient (Wildman–Crippen LogP) is 6.56. The van der Waals surface area contributed by atoms with Gasteiger partial charge >= 0.3 is 0 Å². The van der Waals surface area contributed by atoms with Crippen molar-refractivity contribution in [3.8, 4) is 11.5 Å².